The van der Waals surface area contributed by atoms with Gasteiger partial charge in [0.1, 0.15) is 28.7 Å². The molecular formula is C27H25FN4O4S2. The summed E-state index contributed by atoms with van der Waals surface area (Å²) in [6, 6.07) is 15.1. The molecule has 0 radical (unpaired) electrons. The fourth-order valence-electron chi connectivity index (χ4n) is 3.50. The predicted molar refractivity (Wildman–Crippen MR) is 146 cm³/mol. The van der Waals surface area contributed by atoms with Crippen molar-refractivity contribution in [3.8, 4) is 16.9 Å². The first-order chi connectivity index (χ1) is 18.5. The van der Waals surface area contributed by atoms with E-state index in [0.717, 1.165) is 5.56 Å². The largest absolute Gasteiger partial charge is 0.486 e. The summed E-state index contributed by atoms with van der Waals surface area (Å²) < 4.78 is 25.9. The van der Waals surface area contributed by atoms with Gasteiger partial charge in [0.25, 0.3) is 0 Å². The maximum atomic E-state index is 13.1. The van der Waals surface area contributed by atoms with Crippen LogP contribution in [-0.2, 0) is 22.7 Å². The van der Waals surface area contributed by atoms with E-state index in [-0.39, 0.29) is 30.7 Å². The Morgan fingerprint density at radius 1 is 1.16 bits per heavy atom. The number of nitrogens with one attached hydrogen (secondary N) is 1. The van der Waals surface area contributed by atoms with Crippen LogP contribution >= 0.6 is 23.1 Å². The van der Waals surface area contributed by atoms with E-state index < -0.39 is 5.97 Å². The van der Waals surface area contributed by atoms with Crippen molar-refractivity contribution in [2.45, 2.75) is 25.2 Å². The lowest BCUT2D eigenvalue weighted by Crippen LogP contribution is -2.17. The molecule has 0 aliphatic heterocycles. The summed E-state index contributed by atoms with van der Waals surface area (Å²) in [5.41, 5.74) is 1.89. The molecule has 0 saturated heterocycles. The number of hydrogen-bond donors (Lipinski definition) is 1. The first-order valence-electron chi connectivity index (χ1n) is 11.7. The van der Waals surface area contributed by atoms with Crippen molar-refractivity contribution in [2.75, 3.05) is 17.7 Å². The minimum Gasteiger partial charge on any atom is -0.486 e. The maximum Gasteiger partial charge on any atom is 0.341 e. The number of aromatic nitrogens is 3. The second-order valence-corrected chi connectivity index (χ2v) is 9.64. The third-order valence-electron chi connectivity index (χ3n) is 5.23. The molecule has 38 heavy (non-hydrogen) atoms. The molecule has 2 aromatic heterocycles. The zero-order chi connectivity index (χ0) is 26.9. The van der Waals surface area contributed by atoms with Crippen LogP contribution in [0.2, 0.25) is 0 Å². The zero-order valence-corrected chi connectivity index (χ0v) is 22.2. The average Bonchev–Trinajstić information content (AvgIpc) is 3.52. The molecule has 0 spiro atoms. The highest BCUT2D eigenvalue weighted by Gasteiger charge is 2.23. The number of ether oxygens (including phenoxy) is 2. The molecule has 8 nitrogen and oxygen atoms in total. The van der Waals surface area contributed by atoms with Gasteiger partial charge in [-0.15, -0.1) is 28.1 Å². The molecule has 2 heterocycles. The number of thioether (sulfide) groups is 1. The minimum absolute atomic E-state index is 0.0366. The van der Waals surface area contributed by atoms with Gasteiger partial charge in [0, 0.05) is 17.5 Å². The lowest BCUT2D eigenvalue weighted by molar-refractivity contribution is -0.113. The highest BCUT2D eigenvalue weighted by molar-refractivity contribution is 7.99. The number of halogens is 1. The molecule has 4 rings (SSSR count). The maximum absolute atomic E-state index is 13.1. The van der Waals surface area contributed by atoms with Crippen molar-refractivity contribution in [3.63, 3.8) is 0 Å². The summed E-state index contributed by atoms with van der Waals surface area (Å²) in [7, 11) is 0. The summed E-state index contributed by atoms with van der Waals surface area (Å²) in [5, 5.41) is 14.0. The Hall–Kier alpha value is -3.96. The number of esters is 1. The second kappa shape index (κ2) is 13.0. The van der Waals surface area contributed by atoms with Crippen LogP contribution in [0.4, 0.5) is 9.39 Å². The van der Waals surface area contributed by atoms with Crippen LogP contribution in [0, 0.1) is 5.82 Å². The average molecular weight is 553 g/mol. The Morgan fingerprint density at radius 3 is 2.63 bits per heavy atom. The van der Waals surface area contributed by atoms with E-state index in [1.807, 2.05) is 35.7 Å². The van der Waals surface area contributed by atoms with Crippen molar-refractivity contribution in [1.29, 1.82) is 0 Å². The number of amides is 1. The van der Waals surface area contributed by atoms with E-state index in [1.54, 1.807) is 17.6 Å². The van der Waals surface area contributed by atoms with Crippen molar-refractivity contribution >= 4 is 40.0 Å². The first-order valence-corrected chi connectivity index (χ1v) is 13.5. The molecule has 0 bridgehead atoms. The van der Waals surface area contributed by atoms with Crippen LogP contribution in [0.3, 0.4) is 0 Å². The molecule has 1 amide bonds. The van der Waals surface area contributed by atoms with E-state index >= 15 is 0 Å². The highest BCUT2D eigenvalue weighted by atomic mass is 32.2. The Kier molecular flexibility index (Phi) is 9.28. The summed E-state index contributed by atoms with van der Waals surface area (Å²) in [4.78, 5) is 25.6. The second-order valence-electron chi connectivity index (χ2n) is 7.82. The van der Waals surface area contributed by atoms with Crippen LogP contribution in [0.25, 0.3) is 11.1 Å². The van der Waals surface area contributed by atoms with Gasteiger partial charge in [0.05, 0.1) is 12.4 Å². The van der Waals surface area contributed by atoms with Crippen LogP contribution in [0.5, 0.6) is 5.75 Å². The Bertz CT molecular complexity index is 1400. The summed E-state index contributed by atoms with van der Waals surface area (Å²) in [6.45, 7) is 6.26. The van der Waals surface area contributed by atoms with Gasteiger partial charge in [0.2, 0.25) is 5.91 Å². The van der Waals surface area contributed by atoms with Gasteiger partial charge in [0.15, 0.2) is 11.0 Å². The monoisotopic (exact) mass is 552 g/mol. The highest BCUT2D eigenvalue weighted by Crippen LogP contribution is 2.36. The van der Waals surface area contributed by atoms with Gasteiger partial charge in [-0.05, 0) is 36.8 Å². The molecule has 4 aromatic rings. The minimum atomic E-state index is -0.493. The standard InChI is InChI=1S/C27H25FN4O4S2/c1-3-14-32-22(15-36-20-12-10-19(28)11-13-20)30-31-27(32)38-17-23(33)29-25-24(26(34)35-4-2)21(16-37-25)18-8-6-5-7-9-18/h3,5-13,16H,1,4,14-15,17H2,2H3,(H,29,33). The Balaban J connectivity index is 1.44. The third-order valence-corrected chi connectivity index (χ3v) is 7.09. The van der Waals surface area contributed by atoms with E-state index in [1.165, 1.54) is 47.4 Å². The number of carbonyl (C=O) groups excluding carboxylic acids is 2. The number of benzene rings is 2. The first kappa shape index (κ1) is 27.1. The molecule has 0 unspecified atom stereocenters. The SMILES string of the molecule is C=CCn1c(COc2ccc(F)cc2)nnc1SCC(=O)Nc1scc(-c2ccccc2)c1C(=O)OCC. The van der Waals surface area contributed by atoms with Gasteiger partial charge in [-0.25, -0.2) is 9.18 Å². The van der Waals surface area contributed by atoms with Gasteiger partial charge in [-0.2, -0.15) is 0 Å². The van der Waals surface area contributed by atoms with E-state index in [9.17, 15) is 14.0 Å². The number of anilines is 1. The number of thiophene rings is 1. The van der Waals surface area contributed by atoms with Crippen LogP contribution in [-0.4, -0.2) is 39.0 Å². The van der Waals surface area contributed by atoms with Gasteiger partial charge in [-0.1, -0.05) is 48.2 Å². The number of carbonyl (C=O) groups is 2. The van der Waals surface area contributed by atoms with E-state index in [0.29, 0.717) is 39.4 Å². The molecule has 196 valence electrons. The lowest BCUT2D eigenvalue weighted by Gasteiger charge is -2.10. The molecule has 2 aromatic carbocycles. The fraction of sp³-hybridized carbons (Fsp3) is 0.185. The Morgan fingerprint density at radius 2 is 1.92 bits per heavy atom. The zero-order valence-electron chi connectivity index (χ0n) is 20.6. The van der Waals surface area contributed by atoms with Gasteiger partial charge in [-0.3, -0.25) is 9.36 Å². The quantitative estimate of drug-likeness (QED) is 0.134. The molecule has 0 fully saturated rings. The molecule has 0 aliphatic rings. The Labute approximate surface area is 227 Å². The molecule has 11 heteroatoms. The number of nitrogens with zero attached hydrogens (tertiary/aromatic N) is 3. The van der Waals surface area contributed by atoms with Gasteiger partial charge < -0.3 is 14.8 Å². The topological polar surface area (TPSA) is 95.3 Å². The van der Waals surface area contributed by atoms with E-state index in [2.05, 4.69) is 22.1 Å². The molecular weight excluding hydrogens is 527 g/mol. The summed E-state index contributed by atoms with van der Waals surface area (Å²) >= 11 is 2.47. The van der Waals surface area contributed by atoms with E-state index in [4.69, 9.17) is 9.47 Å². The number of allylic oxidation sites excluding steroid dienone is 1. The van der Waals surface area contributed by atoms with Crippen molar-refractivity contribution in [1.82, 2.24) is 14.8 Å². The van der Waals surface area contributed by atoms with Crippen molar-refractivity contribution in [2.24, 2.45) is 0 Å². The smallest absolute Gasteiger partial charge is 0.341 e. The summed E-state index contributed by atoms with van der Waals surface area (Å²) in [6.07, 6.45) is 1.69. The molecule has 0 saturated carbocycles. The number of rotatable bonds is 12. The van der Waals surface area contributed by atoms with Crippen LogP contribution < -0.4 is 10.1 Å². The van der Waals surface area contributed by atoms with Crippen LogP contribution in [0.1, 0.15) is 23.1 Å². The van der Waals surface area contributed by atoms with Crippen molar-refractivity contribution in [3.05, 3.63) is 89.8 Å². The fourth-order valence-corrected chi connectivity index (χ4v) is 5.24. The lowest BCUT2D eigenvalue weighted by atomic mass is 10.0. The summed E-state index contributed by atoms with van der Waals surface area (Å²) in [5.74, 6) is -0.0814. The third kappa shape index (κ3) is 6.67. The normalized spacial score (nSPS) is 10.7. The van der Waals surface area contributed by atoms with Crippen LogP contribution in [0.15, 0.2) is 77.8 Å². The van der Waals surface area contributed by atoms with Crippen molar-refractivity contribution < 1.29 is 23.5 Å². The predicted octanol–water partition coefficient (Wildman–Crippen LogP) is 5.82. The molecule has 0 atom stereocenters. The molecule has 0 aliphatic carbocycles. The number of hydrogen-bond acceptors (Lipinski definition) is 8. The van der Waals surface area contributed by atoms with Gasteiger partial charge >= 0.3 is 5.97 Å². The molecule has 1 N–H and O–H groups in total.